The molecule has 0 aliphatic rings. The zero-order chi connectivity index (χ0) is 12.2. The highest BCUT2D eigenvalue weighted by Crippen LogP contribution is 2.09. The number of rotatable bonds is 10. The van der Waals surface area contributed by atoms with E-state index < -0.39 is 0 Å². The van der Waals surface area contributed by atoms with Gasteiger partial charge in [-0.05, 0) is 12.3 Å². The van der Waals surface area contributed by atoms with Crippen molar-refractivity contribution in [2.45, 2.75) is 72.1 Å². The summed E-state index contributed by atoms with van der Waals surface area (Å²) in [5, 5.41) is 0. The van der Waals surface area contributed by atoms with Gasteiger partial charge in [0.15, 0.2) is 0 Å². The van der Waals surface area contributed by atoms with Crippen LogP contribution in [0.5, 0.6) is 0 Å². The third-order valence-corrected chi connectivity index (χ3v) is 2.56. The highest BCUT2D eigenvalue weighted by atomic mass is 16.5. The number of esters is 1. The fraction of sp³-hybridized carbons (Fsp3) is 0.929. The minimum atomic E-state index is -0.0257. The van der Waals surface area contributed by atoms with Crippen molar-refractivity contribution < 1.29 is 9.53 Å². The summed E-state index contributed by atoms with van der Waals surface area (Å²) in [6, 6.07) is 0. The van der Waals surface area contributed by atoms with Crippen LogP contribution in [0.3, 0.4) is 0 Å². The number of unbranched alkanes of at least 4 members (excludes halogenated alkanes) is 6. The van der Waals surface area contributed by atoms with Crippen molar-refractivity contribution in [2.75, 3.05) is 6.61 Å². The third-order valence-electron chi connectivity index (χ3n) is 2.56. The summed E-state index contributed by atoms with van der Waals surface area (Å²) in [5.74, 6) is 0.417. The second kappa shape index (κ2) is 11.0. The molecule has 0 aliphatic carbocycles. The fourth-order valence-electron chi connectivity index (χ4n) is 1.56. The standard InChI is InChI=1S/C14H28O2/c1-4-5-6-7-8-9-10-11-14(15)16-12-13(2)3/h13H,4-12H2,1-3H3. The predicted molar refractivity (Wildman–Crippen MR) is 68.4 cm³/mol. The Bertz CT molecular complexity index is 164. The van der Waals surface area contributed by atoms with E-state index in [1.54, 1.807) is 0 Å². The molecule has 0 aromatic rings. The normalized spacial score (nSPS) is 10.8. The van der Waals surface area contributed by atoms with Crippen LogP contribution in [-0.4, -0.2) is 12.6 Å². The molecule has 0 atom stereocenters. The molecule has 2 nitrogen and oxygen atoms in total. The molecule has 96 valence electrons. The second-order valence-corrected chi connectivity index (χ2v) is 4.95. The van der Waals surface area contributed by atoms with Crippen molar-refractivity contribution in [1.29, 1.82) is 0 Å². The van der Waals surface area contributed by atoms with Crippen LogP contribution in [0.15, 0.2) is 0 Å². The van der Waals surface area contributed by atoms with Crippen LogP contribution >= 0.6 is 0 Å². The van der Waals surface area contributed by atoms with E-state index in [0.29, 0.717) is 18.9 Å². The molecule has 0 saturated heterocycles. The van der Waals surface area contributed by atoms with Gasteiger partial charge in [0.05, 0.1) is 6.61 Å². The maximum absolute atomic E-state index is 11.3. The molecule has 0 unspecified atom stereocenters. The molecule has 0 saturated carbocycles. The lowest BCUT2D eigenvalue weighted by atomic mass is 10.1. The molecule has 0 aliphatic heterocycles. The second-order valence-electron chi connectivity index (χ2n) is 4.95. The Balaban J connectivity index is 3.15. The van der Waals surface area contributed by atoms with Gasteiger partial charge in [0, 0.05) is 6.42 Å². The molecule has 0 radical (unpaired) electrons. The first-order valence-corrected chi connectivity index (χ1v) is 6.82. The molecule has 0 amide bonds. The van der Waals surface area contributed by atoms with E-state index in [-0.39, 0.29) is 5.97 Å². The average molecular weight is 228 g/mol. The van der Waals surface area contributed by atoms with Gasteiger partial charge < -0.3 is 4.74 Å². The van der Waals surface area contributed by atoms with E-state index in [2.05, 4.69) is 20.8 Å². The molecule has 0 aromatic heterocycles. The molecular weight excluding hydrogens is 200 g/mol. The number of hydrogen-bond acceptors (Lipinski definition) is 2. The molecule has 0 heterocycles. The Morgan fingerprint density at radius 1 is 1.00 bits per heavy atom. The van der Waals surface area contributed by atoms with E-state index in [0.717, 1.165) is 6.42 Å². The van der Waals surface area contributed by atoms with Crippen LogP contribution in [0.1, 0.15) is 72.1 Å². The van der Waals surface area contributed by atoms with Crippen molar-refractivity contribution in [3.63, 3.8) is 0 Å². The Labute approximate surface area is 101 Å². The summed E-state index contributed by atoms with van der Waals surface area (Å²) >= 11 is 0. The molecule has 16 heavy (non-hydrogen) atoms. The van der Waals surface area contributed by atoms with Crippen LogP contribution in [0.4, 0.5) is 0 Å². The number of carbonyl (C=O) groups is 1. The van der Waals surface area contributed by atoms with E-state index >= 15 is 0 Å². The molecule has 0 N–H and O–H groups in total. The Kier molecular flexibility index (Phi) is 10.6. The third kappa shape index (κ3) is 11.5. The van der Waals surface area contributed by atoms with E-state index in [1.165, 1.54) is 38.5 Å². The summed E-state index contributed by atoms with van der Waals surface area (Å²) in [6.45, 7) is 6.90. The van der Waals surface area contributed by atoms with Gasteiger partial charge in [0.25, 0.3) is 0 Å². The summed E-state index contributed by atoms with van der Waals surface area (Å²) in [5.41, 5.74) is 0. The van der Waals surface area contributed by atoms with Crippen molar-refractivity contribution in [1.82, 2.24) is 0 Å². The molecular formula is C14H28O2. The van der Waals surface area contributed by atoms with Crippen LogP contribution in [0.2, 0.25) is 0 Å². The average Bonchev–Trinajstić information content (AvgIpc) is 2.25. The SMILES string of the molecule is CCCCCCCCCC(=O)OCC(C)C. The quantitative estimate of drug-likeness (QED) is 0.411. The zero-order valence-corrected chi connectivity index (χ0v) is 11.3. The van der Waals surface area contributed by atoms with Crippen molar-refractivity contribution in [2.24, 2.45) is 5.92 Å². The lowest BCUT2D eigenvalue weighted by Gasteiger charge is -2.06. The molecule has 2 heteroatoms. The van der Waals surface area contributed by atoms with Gasteiger partial charge >= 0.3 is 5.97 Å². The Morgan fingerprint density at radius 2 is 1.56 bits per heavy atom. The first-order chi connectivity index (χ1) is 7.66. The van der Waals surface area contributed by atoms with Gasteiger partial charge in [-0.15, -0.1) is 0 Å². The molecule has 0 fully saturated rings. The number of hydrogen-bond donors (Lipinski definition) is 0. The minimum absolute atomic E-state index is 0.0257. The lowest BCUT2D eigenvalue weighted by molar-refractivity contribution is -0.144. The van der Waals surface area contributed by atoms with Gasteiger partial charge in [0.2, 0.25) is 0 Å². The highest BCUT2D eigenvalue weighted by Gasteiger charge is 2.03. The van der Waals surface area contributed by atoms with Gasteiger partial charge in [-0.2, -0.15) is 0 Å². The summed E-state index contributed by atoms with van der Waals surface area (Å²) < 4.78 is 5.11. The largest absolute Gasteiger partial charge is 0.465 e. The van der Waals surface area contributed by atoms with Crippen molar-refractivity contribution in [3.05, 3.63) is 0 Å². The summed E-state index contributed by atoms with van der Waals surface area (Å²) in [6.07, 6.45) is 9.31. The Hall–Kier alpha value is -0.530. The summed E-state index contributed by atoms with van der Waals surface area (Å²) in [7, 11) is 0. The summed E-state index contributed by atoms with van der Waals surface area (Å²) in [4.78, 5) is 11.3. The lowest BCUT2D eigenvalue weighted by Crippen LogP contribution is -2.09. The van der Waals surface area contributed by atoms with Gasteiger partial charge in [0.1, 0.15) is 0 Å². The molecule has 0 spiro atoms. The van der Waals surface area contributed by atoms with Crippen molar-refractivity contribution in [3.8, 4) is 0 Å². The van der Waals surface area contributed by atoms with E-state index in [4.69, 9.17) is 4.74 Å². The molecule has 0 bridgehead atoms. The zero-order valence-electron chi connectivity index (χ0n) is 11.3. The topological polar surface area (TPSA) is 26.3 Å². The molecule has 0 aromatic carbocycles. The van der Waals surface area contributed by atoms with E-state index in [9.17, 15) is 4.79 Å². The number of ether oxygens (including phenoxy) is 1. The number of carbonyl (C=O) groups excluding carboxylic acids is 1. The van der Waals surface area contributed by atoms with E-state index in [1.807, 2.05) is 0 Å². The van der Waals surface area contributed by atoms with Gasteiger partial charge in [-0.3, -0.25) is 4.79 Å². The van der Waals surface area contributed by atoms with Crippen molar-refractivity contribution >= 4 is 5.97 Å². The molecule has 0 rings (SSSR count). The van der Waals surface area contributed by atoms with Crippen LogP contribution < -0.4 is 0 Å². The highest BCUT2D eigenvalue weighted by molar-refractivity contribution is 5.69. The fourth-order valence-corrected chi connectivity index (χ4v) is 1.56. The van der Waals surface area contributed by atoms with Crippen LogP contribution in [0, 0.1) is 5.92 Å². The van der Waals surface area contributed by atoms with Crippen LogP contribution in [-0.2, 0) is 9.53 Å². The first-order valence-electron chi connectivity index (χ1n) is 6.82. The maximum atomic E-state index is 11.3. The Morgan fingerprint density at radius 3 is 2.12 bits per heavy atom. The maximum Gasteiger partial charge on any atom is 0.305 e. The monoisotopic (exact) mass is 228 g/mol. The minimum Gasteiger partial charge on any atom is -0.465 e. The van der Waals surface area contributed by atoms with Gasteiger partial charge in [-0.25, -0.2) is 0 Å². The van der Waals surface area contributed by atoms with Gasteiger partial charge in [-0.1, -0.05) is 59.3 Å². The van der Waals surface area contributed by atoms with Crippen LogP contribution in [0.25, 0.3) is 0 Å². The predicted octanol–water partition coefficient (Wildman–Crippen LogP) is 4.33. The smallest absolute Gasteiger partial charge is 0.305 e. The first kappa shape index (κ1) is 15.5.